The highest BCUT2D eigenvalue weighted by atomic mass is 16.3. The van der Waals surface area contributed by atoms with Gasteiger partial charge in [0, 0.05) is 38.3 Å². The maximum Gasteiger partial charge on any atom is 0.257 e. The summed E-state index contributed by atoms with van der Waals surface area (Å²) in [7, 11) is 2.08. The number of hydrogen-bond donors (Lipinski definition) is 0. The van der Waals surface area contributed by atoms with E-state index in [0.29, 0.717) is 28.9 Å². The minimum Gasteiger partial charge on any atom is -0.460 e. The van der Waals surface area contributed by atoms with E-state index in [-0.39, 0.29) is 5.91 Å². The molecule has 0 spiro atoms. The Morgan fingerprint density at radius 2 is 1.93 bits per heavy atom. The molecule has 1 aliphatic carbocycles. The van der Waals surface area contributed by atoms with Crippen molar-refractivity contribution in [1.29, 1.82) is 0 Å². The van der Waals surface area contributed by atoms with E-state index in [4.69, 9.17) is 4.42 Å². The fraction of sp³-hybridized carbons (Fsp3) is 0.429. The normalized spacial score (nSPS) is 17.7. The lowest BCUT2D eigenvalue weighted by molar-refractivity contribution is 0.0663. The fourth-order valence-corrected chi connectivity index (χ4v) is 3.77. The summed E-state index contributed by atoms with van der Waals surface area (Å²) in [6, 6.07) is 5.63. The Bertz CT molecular complexity index is 1040. The van der Waals surface area contributed by atoms with Crippen molar-refractivity contribution in [2.75, 3.05) is 33.2 Å². The van der Waals surface area contributed by atoms with Gasteiger partial charge in [-0.15, -0.1) is 0 Å². The van der Waals surface area contributed by atoms with Crippen molar-refractivity contribution in [1.82, 2.24) is 29.5 Å². The number of furan rings is 1. The molecule has 4 heterocycles. The highest BCUT2D eigenvalue weighted by molar-refractivity contribution is 5.95. The van der Waals surface area contributed by atoms with E-state index in [9.17, 15) is 4.79 Å². The maximum atomic E-state index is 13.2. The van der Waals surface area contributed by atoms with Crippen LogP contribution in [0, 0.1) is 6.92 Å². The van der Waals surface area contributed by atoms with Gasteiger partial charge in [0.15, 0.2) is 5.76 Å². The first-order chi connectivity index (χ1) is 14.1. The van der Waals surface area contributed by atoms with Gasteiger partial charge in [0.2, 0.25) is 0 Å². The number of hydrogen-bond acceptors (Lipinski definition) is 6. The Balaban J connectivity index is 1.50. The monoisotopic (exact) mass is 392 g/mol. The summed E-state index contributed by atoms with van der Waals surface area (Å²) >= 11 is 0. The number of likely N-dealkylation sites (N-methyl/N-ethyl adjacent to an activating group) is 1. The van der Waals surface area contributed by atoms with Crippen LogP contribution in [0.25, 0.3) is 17.4 Å². The molecular weight excluding hydrogens is 368 g/mol. The molecule has 1 saturated heterocycles. The molecule has 8 nitrogen and oxygen atoms in total. The number of carbonyl (C=O) groups excluding carboxylic acids is 1. The number of piperazine rings is 1. The molecule has 0 aromatic carbocycles. The van der Waals surface area contributed by atoms with E-state index in [1.54, 1.807) is 17.1 Å². The molecule has 150 valence electrons. The lowest BCUT2D eigenvalue weighted by Gasteiger charge is -2.32. The molecule has 3 aromatic heterocycles. The molecule has 2 aliphatic rings. The van der Waals surface area contributed by atoms with Crippen molar-refractivity contribution < 1.29 is 9.21 Å². The predicted molar refractivity (Wildman–Crippen MR) is 107 cm³/mol. The van der Waals surface area contributed by atoms with Crippen molar-refractivity contribution >= 4 is 5.91 Å². The van der Waals surface area contributed by atoms with Crippen molar-refractivity contribution in [2.45, 2.75) is 25.7 Å². The minimum absolute atomic E-state index is 0.0593. The Morgan fingerprint density at radius 3 is 2.62 bits per heavy atom. The zero-order valence-electron chi connectivity index (χ0n) is 16.7. The average molecular weight is 392 g/mol. The molecule has 0 N–H and O–H groups in total. The van der Waals surface area contributed by atoms with Gasteiger partial charge in [-0.05, 0) is 45.0 Å². The molecule has 1 aliphatic heterocycles. The van der Waals surface area contributed by atoms with Gasteiger partial charge in [-0.3, -0.25) is 4.79 Å². The van der Waals surface area contributed by atoms with Gasteiger partial charge in [-0.1, -0.05) is 0 Å². The Morgan fingerprint density at radius 1 is 1.14 bits per heavy atom. The molecule has 2 fully saturated rings. The number of nitrogens with zero attached hydrogens (tertiary/aromatic N) is 6. The summed E-state index contributed by atoms with van der Waals surface area (Å²) in [5.74, 6) is 2.39. The minimum atomic E-state index is 0.0593. The lowest BCUT2D eigenvalue weighted by Crippen LogP contribution is -2.47. The second-order valence-electron chi connectivity index (χ2n) is 7.88. The van der Waals surface area contributed by atoms with Crippen molar-refractivity contribution in [3.8, 4) is 17.4 Å². The Hall–Kier alpha value is -3.00. The van der Waals surface area contributed by atoms with E-state index in [2.05, 4.69) is 27.0 Å². The maximum absolute atomic E-state index is 13.2. The summed E-state index contributed by atoms with van der Waals surface area (Å²) in [6.07, 6.45) is 5.51. The fourth-order valence-electron chi connectivity index (χ4n) is 3.77. The second kappa shape index (κ2) is 7.11. The third kappa shape index (κ3) is 3.44. The van der Waals surface area contributed by atoms with Gasteiger partial charge in [0.25, 0.3) is 11.9 Å². The van der Waals surface area contributed by atoms with Crippen LogP contribution < -0.4 is 0 Å². The molecule has 1 saturated carbocycles. The van der Waals surface area contributed by atoms with Gasteiger partial charge < -0.3 is 14.2 Å². The molecule has 0 bridgehead atoms. The van der Waals surface area contributed by atoms with E-state index < -0.39 is 0 Å². The first-order valence-electron chi connectivity index (χ1n) is 10.1. The van der Waals surface area contributed by atoms with E-state index in [1.807, 2.05) is 30.0 Å². The standard InChI is InChI=1S/C21H24N6O2/c1-14-3-6-18(29-14)17-7-8-22-21(24-17)27-19(15-4-5-15)16(13-23-27)20(28)26-11-9-25(2)10-12-26/h3,6-8,13,15H,4-5,9-12H2,1-2H3. The van der Waals surface area contributed by atoms with Crippen LogP contribution >= 0.6 is 0 Å². The summed E-state index contributed by atoms with van der Waals surface area (Å²) in [5.41, 5.74) is 2.31. The zero-order valence-corrected chi connectivity index (χ0v) is 16.7. The summed E-state index contributed by atoms with van der Waals surface area (Å²) in [6.45, 7) is 5.18. The third-order valence-electron chi connectivity index (χ3n) is 5.62. The number of aryl methyl sites for hydroxylation is 1. The molecule has 5 rings (SSSR count). The average Bonchev–Trinajstić information content (AvgIpc) is 3.32. The number of aromatic nitrogens is 4. The van der Waals surface area contributed by atoms with Gasteiger partial charge in [0.1, 0.15) is 11.5 Å². The summed E-state index contributed by atoms with van der Waals surface area (Å²) in [4.78, 5) is 26.4. The number of carbonyl (C=O) groups is 1. The molecule has 0 atom stereocenters. The van der Waals surface area contributed by atoms with Gasteiger partial charge in [-0.25, -0.2) is 14.6 Å². The molecule has 1 amide bonds. The topological polar surface area (TPSA) is 80.3 Å². The first kappa shape index (κ1) is 18.1. The molecule has 8 heteroatoms. The molecule has 0 unspecified atom stereocenters. The highest BCUT2D eigenvalue weighted by Crippen LogP contribution is 2.42. The van der Waals surface area contributed by atoms with Crippen LogP contribution in [0.15, 0.2) is 35.0 Å². The van der Waals surface area contributed by atoms with Crippen LogP contribution in [-0.4, -0.2) is 68.7 Å². The SMILES string of the molecule is Cc1ccc(-c2ccnc(-n3ncc(C(=O)N4CCN(C)CC4)c3C3CC3)n2)o1. The van der Waals surface area contributed by atoms with Gasteiger partial charge >= 0.3 is 0 Å². The van der Waals surface area contributed by atoms with Crippen molar-refractivity contribution in [2.24, 2.45) is 0 Å². The van der Waals surface area contributed by atoms with Gasteiger partial charge in [-0.2, -0.15) is 5.10 Å². The van der Waals surface area contributed by atoms with E-state index in [0.717, 1.165) is 50.5 Å². The summed E-state index contributed by atoms with van der Waals surface area (Å²) in [5, 5.41) is 4.52. The van der Waals surface area contributed by atoms with Crippen LogP contribution in [0.4, 0.5) is 0 Å². The number of amides is 1. The molecular formula is C21H24N6O2. The van der Waals surface area contributed by atoms with E-state index >= 15 is 0 Å². The van der Waals surface area contributed by atoms with Crippen LogP contribution in [0.1, 0.15) is 40.6 Å². The predicted octanol–water partition coefficient (Wildman–Crippen LogP) is 2.50. The Labute approximate surface area is 169 Å². The van der Waals surface area contributed by atoms with E-state index in [1.165, 1.54) is 0 Å². The second-order valence-corrected chi connectivity index (χ2v) is 7.88. The zero-order chi connectivity index (χ0) is 20.0. The van der Waals surface area contributed by atoms with Gasteiger partial charge in [0.05, 0.1) is 17.5 Å². The Kier molecular flexibility index (Phi) is 4.43. The van der Waals surface area contributed by atoms with Crippen LogP contribution in [-0.2, 0) is 0 Å². The van der Waals surface area contributed by atoms with Crippen molar-refractivity contribution in [3.05, 3.63) is 47.6 Å². The molecule has 0 radical (unpaired) electrons. The quantitative estimate of drug-likeness (QED) is 0.679. The third-order valence-corrected chi connectivity index (χ3v) is 5.62. The first-order valence-corrected chi connectivity index (χ1v) is 10.1. The molecule has 3 aromatic rings. The van der Waals surface area contributed by atoms with Crippen LogP contribution in [0.2, 0.25) is 0 Å². The highest BCUT2D eigenvalue weighted by Gasteiger charge is 2.35. The van der Waals surface area contributed by atoms with Crippen molar-refractivity contribution in [3.63, 3.8) is 0 Å². The molecule has 29 heavy (non-hydrogen) atoms. The number of rotatable bonds is 4. The summed E-state index contributed by atoms with van der Waals surface area (Å²) < 4.78 is 7.43. The largest absolute Gasteiger partial charge is 0.460 e. The van der Waals surface area contributed by atoms with Crippen LogP contribution in [0.5, 0.6) is 0 Å². The lowest BCUT2D eigenvalue weighted by atomic mass is 10.1. The van der Waals surface area contributed by atoms with Crippen LogP contribution in [0.3, 0.4) is 0 Å². The smallest absolute Gasteiger partial charge is 0.257 e.